The number of hydrogen-bond donors (Lipinski definition) is 3. The van der Waals surface area contributed by atoms with Crippen LogP contribution in [0.15, 0.2) is 42.5 Å². The lowest BCUT2D eigenvalue weighted by Gasteiger charge is -2.21. The summed E-state index contributed by atoms with van der Waals surface area (Å²) >= 11 is 0. The number of nitrogens with one attached hydrogen (secondary N) is 1. The van der Waals surface area contributed by atoms with Crippen molar-refractivity contribution in [3.63, 3.8) is 0 Å². The third-order valence-corrected chi connectivity index (χ3v) is 4.56. The summed E-state index contributed by atoms with van der Waals surface area (Å²) in [5.74, 6) is -0.267. The van der Waals surface area contributed by atoms with Gasteiger partial charge in [-0.1, -0.05) is 18.2 Å². The van der Waals surface area contributed by atoms with Crippen LogP contribution in [0.1, 0.15) is 26.7 Å². The normalized spacial score (nSPS) is 13.9. The third kappa shape index (κ3) is 3.52. The van der Waals surface area contributed by atoms with Crippen molar-refractivity contribution >= 4 is 33.4 Å². The van der Waals surface area contributed by atoms with Crippen LogP contribution in [-0.4, -0.2) is 32.9 Å². The Labute approximate surface area is 146 Å². The standard InChI is InChI=1S/C20H24N2O3/c1-3-22-17-7-5-4-6-15(17)16-12-14(8-9-18(16)22)21-19(24)13-20(2,25)10-11-23/h4-9,12,23,25H,3,10-11,13H2,1-2H3,(H,21,24)/t20-/m1/s1. The maximum absolute atomic E-state index is 12.2. The van der Waals surface area contributed by atoms with E-state index in [4.69, 9.17) is 5.11 Å². The van der Waals surface area contributed by atoms with Crippen LogP contribution in [0.25, 0.3) is 21.8 Å². The Kier molecular flexibility index (Phi) is 4.79. The van der Waals surface area contributed by atoms with Gasteiger partial charge in [0.05, 0.1) is 12.0 Å². The van der Waals surface area contributed by atoms with E-state index in [1.165, 1.54) is 5.52 Å². The zero-order chi connectivity index (χ0) is 18.0. The van der Waals surface area contributed by atoms with Crippen LogP contribution in [0.5, 0.6) is 0 Å². The summed E-state index contributed by atoms with van der Waals surface area (Å²) in [6.07, 6.45) is 0.117. The molecule has 0 aliphatic carbocycles. The summed E-state index contributed by atoms with van der Waals surface area (Å²) in [6, 6.07) is 14.1. The number of carbonyl (C=O) groups excluding carboxylic acids is 1. The highest BCUT2D eigenvalue weighted by Gasteiger charge is 2.23. The second kappa shape index (κ2) is 6.86. The zero-order valence-electron chi connectivity index (χ0n) is 14.6. The molecule has 1 heterocycles. The Morgan fingerprint density at radius 1 is 1.16 bits per heavy atom. The molecule has 0 saturated heterocycles. The molecule has 0 aliphatic heterocycles. The number of amides is 1. The van der Waals surface area contributed by atoms with Crippen LogP contribution in [-0.2, 0) is 11.3 Å². The Hall–Kier alpha value is -2.37. The molecule has 0 fully saturated rings. The van der Waals surface area contributed by atoms with Gasteiger partial charge in [0.1, 0.15) is 0 Å². The number of aromatic nitrogens is 1. The minimum atomic E-state index is -1.21. The summed E-state index contributed by atoms with van der Waals surface area (Å²) < 4.78 is 2.25. The van der Waals surface area contributed by atoms with Gasteiger partial charge in [-0.25, -0.2) is 0 Å². The number of para-hydroxylation sites is 1. The minimum absolute atomic E-state index is 0.0533. The fourth-order valence-electron chi connectivity index (χ4n) is 3.35. The predicted octanol–water partition coefficient (Wildman–Crippen LogP) is 3.28. The van der Waals surface area contributed by atoms with Crippen molar-refractivity contribution in [3.05, 3.63) is 42.5 Å². The number of anilines is 1. The first-order valence-electron chi connectivity index (χ1n) is 8.59. The molecule has 0 bridgehead atoms. The van der Waals surface area contributed by atoms with Crippen LogP contribution >= 0.6 is 0 Å². The molecule has 132 valence electrons. The smallest absolute Gasteiger partial charge is 0.227 e. The predicted molar refractivity (Wildman–Crippen MR) is 101 cm³/mol. The van der Waals surface area contributed by atoms with Gasteiger partial charge in [-0.05, 0) is 44.5 Å². The average Bonchev–Trinajstić information content (AvgIpc) is 2.87. The first kappa shape index (κ1) is 17.5. The van der Waals surface area contributed by atoms with Crippen molar-refractivity contribution in [2.45, 2.75) is 38.8 Å². The molecular weight excluding hydrogens is 316 g/mol. The molecule has 5 nitrogen and oxygen atoms in total. The topological polar surface area (TPSA) is 74.5 Å². The summed E-state index contributed by atoms with van der Waals surface area (Å²) in [4.78, 5) is 12.2. The summed E-state index contributed by atoms with van der Waals surface area (Å²) in [7, 11) is 0. The summed E-state index contributed by atoms with van der Waals surface area (Å²) in [5.41, 5.74) is 1.81. The molecule has 5 heteroatoms. The molecule has 3 N–H and O–H groups in total. The molecule has 1 amide bonds. The highest BCUT2D eigenvalue weighted by atomic mass is 16.3. The molecule has 3 aromatic rings. The van der Waals surface area contributed by atoms with E-state index in [-0.39, 0.29) is 25.4 Å². The van der Waals surface area contributed by atoms with Crippen LogP contribution in [0.3, 0.4) is 0 Å². The van der Waals surface area contributed by atoms with E-state index in [1.54, 1.807) is 6.92 Å². The molecule has 0 aliphatic rings. The van der Waals surface area contributed by atoms with Crippen LogP contribution in [0.4, 0.5) is 5.69 Å². The van der Waals surface area contributed by atoms with Gasteiger partial charge in [0.2, 0.25) is 5.91 Å². The first-order valence-corrected chi connectivity index (χ1v) is 8.59. The molecular formula is C20H24N2O3. The first-order chi connectivity index (χ1) is 11.9. The molecule has 1 atom stereocenters. The highest BCUT2D eigenvalue weighted by Crippen LogP contribution is 2.31. The highest BCUT2D eigenvalue weighted by molar-refractivity contribution is 6.09. The van der Waals surface area contributed by atoms with E-state index in [0.29, 0.717) is 5.69 Å². The molecule has 0 unspecified atom stereocenters. The number of aliphatic hydroxyl groups excluding tert-OH is 1. The van der Waals surface area contributed by atoms with Crippen LogP contribution < -0.4 is 5.32 Å². The second-order valence-electron chi connectivity index (χ2n) is 6.69. The Balaban J connectivity index is 1.91. The quantitative estimate of drug-likeness (QED) is 0.645. The van der Waals surface area contributed by atoms with Gasteiger partial charge in [-0.2, -0.15) is 0 Å². The van der Waals surface area contributed by atoms with Crippen molar-refractivity contribution in [3.8, 4) is 0 Å². The molecule has 3 rings (SSSR count). The van der Waals surface area contributed by atoms with Crippen molar-refractivity contribution < 1.29 is 15.0 Å². The lowest BCUT2D eigenvalue weighted by Crippen LogP contribution is -2.31. The van der Waals surface area contributed by atoms with Gasteiger partial charge in [0.15, 0.2) is 0 Å². The molecule has 0 saturated carbocycles. The van der Waals surface area contributed by atoms with Gasteiger partial charge in [0, 0.05) is 40.6 Å². The fourth-order valence-corrected chi connectivity index (χ4v) is 3.35. The maximum Gasteiger partial charge on any atom is 0.227 e. The van der Waals surface area contributed by atoms with E-state index in [9.17, 15) is 9.90 Å². The number of nitrogens with zero attached hydrogens (tertiary/aromatic N) is 1. The number of carbonyl (C=O) groups is 1. The summed E-state index contributed by atoms with van der Waals surface area (Å²) in [6.45, 7) is 4.40. The lowest BCUT2D eigenvalue weighted by atomic mass is 9.98. The summed E-state index contributed by atoms with van der Waals surface area (Å²) in [5, 5.41) is 24.1. The number of hydrogen-bond acceptors (Lipinski definition) is 3. The number of aliphatic hydroxyl groups is 2. The number of fused-ring (bicyclic) bond motifs is 3. The molecule has 2 aromatic carbocycles. The van der Waals surface area contributed by atoms with E-state index in [0.717, 1.165) is 22.8 Å². The Bertz CT molecular complexity index is 912. The van der Waals surface area contributed by atoms with E-state index >= 15 is 0 Å². The van der Waals surface area contributed by atoms with Gasteiger partial charge in [-0.3, -0.25) is 4.79 Å². The van der Waals surface area contributed by atoms with Crippen LogP contribution in [0.2, 0.25) is 0 Å². The van der Waals surface area contributed by atoms with Crippen molar-refractivity contribution in [1.29, 1.82) is 0 Å². The van der Waals surface area contributed by atoms with Gasteiger partial charge in [0.25, 0.3) is 0 Å². The SMILES string of the molecule is CCn1c2ccccc2c2cc(NC(=O)C[C@](C)(O)CCO)ccc21. The maximum atomic E-state index is 12.2. The number of rotatable bonds is 6. The Morgan fingerprint density at radius 2 is 1.88 bits per heavy atom. The second-order valence-corrected chi connectivity index (χ2v) is 6.69. The van der Waals surface area contributed by atoms with Gasteiger partial charge < -0.3 is 20.1 Å². The average molecular weight is 340 g/mol. The molecule has 0 spiro atoms. The largest absolute Gasteiger partial charge is 0.396 e. The zero-order valence-corrected chi connectivity index (χ0v) is 14.6. The van der Waals surface area contributed by atoms with Crippen molar-refractivity contribution in [2.24, 2.45) is 0 Å². The lowest BCUT2D eigenvalue weighted by molar-refractivity contribution is -0.120. The fraction of sp³-hybridized carbons (Fsp3) is 0.350. The number of benzene rings is 2. The minimum Gasteiger partial charge on any atom is -0.396 e. The van der Waals surface area contributed by atoms with Gasteiger partial charge in [-0.15, -0.1) is 0 Å². The van der Waals surface area contributed by atoms with Crippen molar-refractivity contribution in [1.82, 2.24) is 4.57 Å². The van der Waals surface area contributed by atoms with E-state index in [2.05, 4.69) is 28.9 Å². The molecule has 1 aromatic heterocycles. The van der Waals surface area contributed by atoms with Crippen molar-refractivity contribution in [2.75, 3.05) is 11.9 Å². The van der Waals surface area contributed by atoms with Crippen LogP contribution in [0, 0.1) is 0 Å². The Morgan fingerprint density at radius 3 is 2.60 bits per heavy atom. The molecule has 0 radical (unpaired) electrons. The van der Waals surface area contributed by atoms with E-state index < -0.39 is 5.60 Å². The van der Waals surface area contributed by atoms with E-state index in [1.807, 2.05) is 30.3 Å². The number of aryl methyl sites for hydroxylation is 1. The monoisotopic (exact) mass is 340 g/mol. The van der Waals surface area contributed by atoms with Gasteiger partial charge >= 0.3 is 0 Å². The third-order valence-electron chi connectivity index (χ3n) is 4.56. The molecule has 25 heavy (non-hydrogen) atoms.